The average molecular weight is 299 g/mol. The number of aromatic nitrogens is 1. The lowest BCUT2D eigenvalue weighted by Gasteiger charge is -2.09. The van der Waals surface area contributed by atoms with Gasteiger partial charge in [-0.3, -0.25) is 0 Å². The van der Waals surface area contributed by atoms with E-state index in [4.69, 9.17) is 10.5 Å². The Morgan fingerprint density at radius 1 is 1.44 bits per heavy atom. The number of hydrogen-bond donors (Lipinski definition) is 1. The largest absolute Gasteiger partial charge is 0.476 e. The predicted octanol–water partition coefficient (Wildman–Crippen LogP) is 3.15. The minimum Gasteiger partial charge on any atom is -0.476 e. The number of alkyl halides is 3. The van der Waals surface area contributed by atoms with Crippen molar-refractivity contribution in [3.63, 3.8) is 0 Å². The standard InChI is InChI=1S/C9H10BrF3N2O/c10-6-4-7(14)8(15-5-6)16-3-1-2-9(11,12)13/h4-5H,1-3,14H2. The maximum atomic E-state index is 11.8. The van der Waals surface area contributed by atoms with Crippen molar-refractivity contribution in [2.24, 2.45) is 0 Å². The second kappa shape index (κ2) is 5.38. The monoisotopic (exact) mass is 298 g/mol. The van der Waals surface area contributed by atoms with Crippen LogP contribution in [-0.4, -0.2) is 17.8 Å². The molecule has 90 valence electrons. The van der Waals surface area contributed by atoms with Gasteiger partial charge in [0, 0.05) is 17.1 Å². The summed E-state index contributed by atoms with van der Waals surface area (Å²) in [4.78, 5) is 3.84. The Morgan fingerprint density at radius 3 is 2.69 bits per heavy atom. The van der Waals surface area contributed by atoms with E-state index >= 15 is 0 Å². The molecular formula is C9H10BrF3N2O. The van der Waals surface area contributed by atoms with Crippen molar-refractivity contribution < 1.29 is 17.9 Å². The van der Waals surface area contributed by atoms with E-state index in [0.717, 1.165) is 0 Å². The third kappa shape index (κ3) is 4.69. The van der Waals surface area contributed by atoms with Crippen LogP contribution in [0, 0.1) is 0 Å². The van der Waals surface area contributed by atoms with E-state index in [2.05, 4.69) is 20.9 Å². The Bertz CT molecular complexity index is 357. The quantitative estimate of drug-likeness (QED) is 0.869. The molecule has 0 bridgehead atoms. The van der Waals surface area contributed by atoms with Gasteiger partial charge in [-0.1, -0.05) is 0 Å². The number of ether oxygens (including phenoxy) is 1. The Morgan fingerprint density at radius 2 is 2.12 bits per heavy atom. The van der Waals surface area contributed by atoms with E-state index < -0.39 is 12.6 Å². The van der Waals surface area contributed by atoms with Crippen molar-refractivity contribution in [1.29, 1.82) is 0 Å². The molecule has 7 heteroatoms. The summed E-state index contributed by atoms with van der Waals surface area (Å²) in [5.74, 6) is 0.158. The van der Waals surface area contributed by atoms with Crippen LogP contribution in [0.5, 0.6) is 5.88 Å². The lowest BCUT2D eigenvalue weighted by Crippen LogP contribution is -2.10. The zero-order valence-corrected chi connectivity index (χ0v) is 9.81. The third-order valence-corrected chi connectivity index (χ3v) is 2.12. The van der Waals surface area contributed by atoms with Crippen LogP contribution in [0.2, 0.25) is 0 Å². The molecule has 0 aliphatic rings. The van der Waals surface area contributed by atoms with Crippen molar-refractivity contribution >= 4 is 21.6 Å². The van der Waals surface area contributed by atoms with Crippen LogP contribution in [-0.2, 0) is 0 Å². The molecule has 0 saturated carbocycles. The number of nitrogens with two attached hydrogens (primary N) is 1. The number of nitrogen functional groups attached to an aromatic ring is 1. The first kappa shape index (κ1) is 13.1. The van der Waals surface area contributed by atoms with Crippen LogP contribution < -0.4 is 10.5 Å². The van der Waals surface area contributed by atoms with Gasteiger partial charge in [-0.15, -0.1) is 0 Å². The smallest absolute Gasteiger partial charge is 0.389 e. The summed E-state index contributed by atoms with van der Waals surface area (Å²) < 4.78 is 41.2. The topological polar surface area (TPSA) is 48.1 Å². The highest BCUT2D eigenvalue weighted by Gasteiger charge is 2.26. The first-order valence-corrected chi connectivity index (χ1v) is 5.28. The second-order valence-corrected chi connectivity index (χ2v) is 4.03. The second-order valence-electron chi connectivity index (χ2n) is 3.12. The summed E-state index contributed by atoms with van der Waals surface area (Å²) in [7, 11) is 0. The lowest BCUT2D eigenvalue weighted by molar-refractivity contribution is -0.136. The molecule has 16 heavy (non-hydrogen) atoms. The van der Waals surface area contributed by atoms with Crippen molar-refractivity contribution in [2.75, 3.05) is 12.3 Å². The van der Waals surface area contributed by atoms with E-state index in [-0.39, 0.29) is 18.9 Å². The molecule has 0 aliphatic heterocycles. The Kier molecular flexibility index (Phi) is 4.40. The SMILES string of the molecule is Nc1cc(Br)cnc1OCCCC(F)(F)F. The zero-order valence-electron chi connectivity index (χ0n) is 8.22. The van der Waals surface area contributed by atoms with Crippen molar-refractivity contribution in [3.05, 3.63) is 16.7 Å². The highest BCUT2D eigenvalue weighted by Crippen LogP contribution is 2.24. The van der Waals surface area contributed by atoms with Gasteiger partial charge in [0.1, 0.15) is 0 Å². The van der Waals surface area contributed by atoms with E-state index in [1.165, 1.54) is 6.20 Å². The number of halogens is 4. The van der Waals surface area contributed by atoms with E-state index in [1.807, 2.05) is 0 Å². The molecule has 0 aromatic carbocycles. The van der Waals surface area contributed by atoms with Crippen molar-refractivity contribution in [2.45, 2.75) is 19.0 Å². The van der Waals surface area contributed by atoms with Gasteiger partial charge in [0.2, 0.25) is 5.88 Å². The lowest BCUT2D eigenvalue weighted by atomic mass is 10.3. The first-order valence-electron chi connectivity index (χ1n) is 4.49. The van der Waals surface area contributed by atoms with Gasteiger partial charge in [0.05, 0.1) is 12.3 Å². The van der Waals surface area contributed by atoms with Crippen LogP contribution in [0.25, 0.3) is 0 Å². The van der Waals surface area contributed by atoms with E-state index in [9.17, 15) is 13.2 Å². The molecule has 0 aliphatic carbocycles. The third-order valence-electron chi connectivity index (χ3n) is 1.69. The van der Waals surface area contributed by atoms with Gasteiger partial charge in [0.25, 0.3) is 0 Å². The number of anilines is 1. The molecule has 1 rings (SSSR count). The minimum atomic E-state index is -4.15. The van der Waals surface area contributed by atoms with Gasteiger partial charge < -0.3 is 10.5 Å². The average Bonchev–Trinajstić information content (AvgIpc) is 2.13. The molecule has 0 unspecified atom stereocenters. The fraction of sp³-hybridized carbons (Fsp3) is 0.444. The highest BCUT2D eigenvalue weighted by atomic mass is 79.9. The minimum absolute atomic E-state index is 0.0572. The van der Waals surface area contributed by atoms with Gasteiger partial charge >= 0.3 is 6.18 Å². The number of nitrogens with zero attached hydrogens (tertiary/aromatic N) is 1. The molecule has 0 fully saturated rings. The molecule has 2 N–H and O–H groups in total. The molecule has 0 spiro atoms. The first-order chi connectivity index (χ1) is 7.38. The summed E-state index contributed by atoms with van der Waals surface area (Å²) in [5, 5.41) is 0. The zero-order chi connectivity index (χ0) is 12.2. The summed E-state index contributed by atoms with van der Waals surface area (Å²) in [6, 6.07) is 1.58. The summed E-state index contributed by atoms with van der Waals surface area (Å²) >= 11 is 3.16. The molecule has 0 amide bonds. The number of rotatable bonds is 4. The van der Waals surface area contributed by atoms with Gasteiger partial charge in [-0.25, -0.2) is 4.98 Å². The fourth-order valence-corrected chi connectivity index (χ4v) is 1.35. The van der Waals surface area contributed by atoms with Crippen molar-refractivity contribution in [1.82, 2.24) is 4.98 Å². The summed E-state index contributed by atoms with van der Waals surface area (Å²) in [5.41, 5.74) is 5.84. The summed E-state index contributed by atoms with van der Waals surface area (Å²) in [6.45, 7) is -0.0572. The highest BCUT2D eigenvalue weighted by molar-refractivity contribution is 9.10. The van der Waals surface area contributed by atoms with Crippen LogP contribution in [0.1, 0.15) is 12.8 Å². The molecule has 0 atom stereocenters. The molecule has 3 nitrogen and oxygen atoms in total. The Hall–Kier alpha value is -0.980. The maximum Gasteiger partial charge on any atom is 0.389 e. The fourth-order valence-electron chi connectivity index (χ4n) is 1.00. The Balaban J connectivity index is 2.38. The predicted molar refractivity (Wildman–Crippen MR) is 57.1 cm³/mol. The molecule has 1 aromatic heterocycles. The van der Waals surface area contributed by atoms with Gasteiger partial charge in [-0.05, 0) is 28.4 Å². The van der Waals surface area contributed by atoms with Crippen LogP contribution >= 0.6 is 15.9 Å². The molecule has 0 radical (unpaired) electrons. The number of hydrogen-bond acceptors (Lipinski definition) is 3. The normalized spacial score (nSPS) is 11.5. The van der Waals surface area contributed by atoms with Crippen LogP contribution in [0.15, 0.2) is 16.7 Å². The van der Waals surface area contributed by atoms with Gasteiger partial charge in [-0.2, -0.15) is 13.2 Å². The van der Waals surface area contributed by atoms with Crippen LogP contribution in [0.4, 0.5) is 18.9 Å². The maximum absolute atomic E-state index is 11.8. The van der Waals surface area contributed by atoms with Crippen molar-refractivity contribution in [3.8, 4) is 5.88 Å². The molecule has 0 saturated heterocycles. The van der Waals surface area contributed by atoms with E-state index in [1.54, 1.807) is 6.07 Å². The van der Waals surface area contributed by atoms with Gasteiger partial charge in [0.15, 0.2) is 0 Å². The van der Waals surface area contributed by atoms with E-state index in [0.29, 0.717) is 10.2 Å². The molecule has 1 heterocycles. The summed E-state index contributed by atoms with van der Waals surface area (Å²) in [6.07, 6.45) is -3.67. The molecular weight excluding hydrogens is 289 g/mol. The Labute approximate surface area is 98.9 Å². The number of pyridine rings is 1. The molecule has 1 aromatic rings. The van der Waals surface area contributed by atoms with Crippen LogP contribution in [0.3, 0.4) is 0 Å².